The van der Waals surface area contributed by atoms with Gasteiger partial charge in [-0.1, -0.05) is 42.9 Å². The lowest BCUT2D eigenvalue weighted by molar-refractivity contribution is 0.0743. The summed E-state index contributed by atoms with van der Waals surface area (Å²) in [5.74, 6) is -0.763. The Morgan fingerprint density at radius 2 is 1.84 bits per heavy atom. The number of anilines is 1. The monoisotopic (exact) mass is 459 g/mol. The van der Waals surface area contributed by atoms with Gasteiger partial charge in [0.1, 0.15) is 5.82 Å². The molecule has 4 rings (SSSR count). The lowest BCUT2D eigenvalue weighted by Crippen LogP contribution is -2.49. The van der Waals surface area contributed by atoms with Crippen molar-refractivity contribution >= 4 is 23.5 Å². The van der Waals surface area contributed by atoms with E-state index in [1.165, 1.54) is 0 Å². The van der Waals surface area contributed by atoms with Gasteiger partial charge in [-0.2, -0.15) is 13.8 Å². The summed E-state index contributed by atoms with van der Waals surface area (Å²) < 4.78 is 30.9. The SMILES string of the molecule is CC(C)c1nc(-c2ccc(N3CCN(C(=O)c4ccccc4SC(F)F)CC3)nc2)no1. The first-order valence-electron chi connectivity index (χ1n) is 10.3. The minimum atomic E-state index is -2.57. The summed E-state index contributed by atoms with van der Waals surface area (Å²) in [6.07, 6.45) is 1.71. The summed E-state index contributed by atoms with van der Waals surface area (Å²) in [5.41, 5.74) is 1.08. The number of thioether (sulfide) groups is 1. The van der Waals surface area contributed by atoms with Crippen LogP contribution in [0.15, 0.2) is 52.0 Å². The lowest BCUT2D eigenvalue weighted by Gasteiger charge is -2.35. The number of nitrogens with zero attached hydrogens (tertiary/aromatic N) is 5. The number of carbonyl (C=O) groups excluding carboxylic acids is 1. The fourth-order valence-electron chi connectivity index (χ4n) is 3.44. The van der Waals surface area contributed by atoms with E-state index in [1.807, 2.05) is 26.0 Å². The molecular formula is C22H23F2N5O2S. The largest absolute Gasteiger partial charge is 0.353 e. The Hall–Kier alpha value is -3.01. The van der Waals surface area contributed by atoms with Crippen molar-refractivity contribution < 1.29 is 18.1 Å². The van der Waals surface area contributed by atoms with E-state index in [-0.39, 0.29) is 11.8 Å². The molecule has 10 heteroatoms. The molecule has 1 aliphatic rings. The molecule has 0 atom stereocenters. The van der Waals surface area contributed by atoms with Crippen LogP contribution in [0.5, 0.6) is 0 Å². The number of hydrogen-bond acceptors (Lipinski definition) is 7. The molecule has 1 aromatic carbocycles. The van der Waals surface area contributed by atoms with Gasteiger partial charge >= 0.3 is 0 Å². The highest BCUT2D eigenvalue weighted by atomic mass is 32.2. The van der Waals surface area contributed by atoms with Crippen molar-refractivity contribution in [3.63, 3.8) is 0 Å². The first kappa shape index (κ1) is 22.2. The first-order chi connectivity index (χ1) is 15.4. The van der Waals surface area contributed by atoms with Crippen molar-refractivity contribution in [3.8, 4) is 11.4 Å². The molecule has 2 aromatic heterocycles. The first-order valence-corrected chi connectivity index (χ1v) is 11.2. The van der Waals surface area contributed by atoms with Gasteiger partial charge in [0.25, 0.3) is 11.7 Å². The van der Waals surface area contributed by atoms with Gasteiger partial charge in [0.05, 0.1) is 5.56 Å². The molecular weight excluding hydrogens is 436 g/mol. The number of amides is 1. The Kier molecular flexibility index (Phi) is 6.69. The third kappa shape index (κ3) is 4.90. The maximum absolute atomic E-state index is 12.9. The minimum Gasteiger partial charge on any atom is -0.353 e. The van der Waals surface area contributed by atoms with E-state index >= 15 is 0 Å². The van der Waals surface area contributed by atoms with Crippen molar-refractivity contribution in [1.29, 1.82) is 0 Å². The zero-order valence-corrected chi connectivity index (χ0v) is 18.6. The smallest absolute Gasteiger partial charge is 0.288 e. The topological polar surface area (TPSA) is 75.4 Å². The fourth-order valence-corrected chi connectivity index (χ4v) is 4.07. The van der Waals surface area contributed by atoms with E-state index in [1.54, 1.807) is 35.4 Å². The van der Waals surface area contributed by atoms with Crippen LogP contribution in [0.1, 0.15) is 36.0 Å². The van der Waals surface area contributed by atoms with Gasteiger partial charge in [-0.15, -0.1) is 0 Å². The van der Waals surface area contributed by atoms with Crippen LogP contribution in [0.3, 0.4) is 0 Å². The van der Waals surface area contributed by atoms with E-state index in [0.29, 0.717) is 60.1 Å². The molecule has 0 aliphatic carbocycles. The van der Waals surface area contributed by atoms with Crippen LogP contribution in [0.25, 0.3) is 11.4 Å². The molecule has 3 aromatic rings. The summed E-state index contributed by atoms with van der Waals surface area (Å²) in [5, 5.41) is 4.00. The maximum Gasteiger partial charge on any atom is 0.288 e. The predicted molar refractivity (Wildman–Crippen MR) is 118 cm³/mol. The molecule has 32 heavy (non-hydrogen) atoms. The number of halogens is 2. The van der Waals surface area contributed by atoms with Crippen LogP contribution in [0.2, 0.25) is 0 Å². The molecule has 3 heterocycles. The predicted octanol–water partition coefficient (Wildman–Crippen LogP) is 4.53. The standard InChI is InChI=1S/C22H23F2N5O2S/c1-14(2)20-26-19(27-31-20)15-7-8-18(25-13-15)28-9-11-29(12-10-28)21(30)16-5-3-4-6-17(16)32-22(23)24/h3-8,13-14,22H,9-12H2,1-2H3. The number of pyridine rings is 1. The molecule has 7 nitrogen and oxygen atoms in total. The van der Waals surface area contributed by atoms with Crippen molar-refractivity contribution in [2.45, 2.75) is 30.4 Å². The second kappa shape index (κ2) is 9.64. The molecule has 0 bridgehead atoms. The van der Waals surface area contributed by atoms with E-state index in [4.69, 9.17) is 4.52 Å². The summed E-state index contributed by atoms with van der Waals surface area (Å²) in [6.45, 7) is 6.14. The lowest BCUT2D eigenvalue weighted by atomic mass is 10.1. The Morgan fingerprint density at radius 1 is 1.09 bits per heavy atom. The molecule has 168 valence electrons. The Balaban J connectivity index is 1.39. The summed E-state index contributed by atoms with van der Waals surface area (Å²) in [7, 11) is 0. The third-order valence-electron chi connectivity index (χ3n) is 5.17. The molecule has 1 aliphatic heterocycles. The van der Waals surface area contributed by atoms with Gasteiger partial charge in [0.2, 0.25) is 11.7 Å². The number of benzene rings is 1. The molecule has 0 radical (unpaired) electrons. The van der Waals surface area contributed by atoms with Crippen molar-refractivity contribution in [3.05, 3.63) is 54.0 Å². The van der Waals surface area contributed by atoms with E-state index in [9.17, 15) is 13.6 Å². The maximum atomic E-state index is 12.9. The number of aromatic nitrogens is 3. The van der Waals surface area contributed by atoms with Crippen LogP contribution < -0.4 is 4.90 Å². The van der Waals surface area contributed by atoms with Crippen molar-refractivity contribution in [2.75, 3.05) is 31.1 Å². The van der Waals surface area contributed by atoms with Crippen LogP contribution in [0.4, 0.5) is 14.6 Å². The normalized spacial score (nSPS) is 14.4. The molecule has 1 fully saturated rings. The highest BCUT2D eigenvalue weighted by Gasteiger charge is 2.25. The van der Waals surface area contributed by atoms with Gasteiger partial charge in [-0.3, -0.25) is 4.79 Å². The summed E-state index contributed by atoms with van der Waals surface area (Å²) in [6, 6.07) is 10.3. The minimum absolute atomic E-state index is 0.156. The number of alkyl halides is 2. The fraction of sp³-hybridized carbons (Fsp3) is 0.364. The highest BCUT2D eigenvalue weighted by Crippen LogP contribution is 2.29. The van der Waals surface area contributed by atoms with Gasteiger partial charge in [0.15, 0.2) is 0 Å². The van der Waals surface area contributed by atoms with Crippen LogP contribution in [-0.4, -0.2) is 57.9 Å². The second-order valence-corrected chi connectivity index (χ2v) is 8.70. The average Bonchev–Trinajstić information content (AvgIpc) is 3.30. The molecule has 0 spiro atoms. The van der Waals surface area contributed by atoms with Crippen molar-refractivity contribution in [1.82, 2.24) is 20.0 Å². The molecule has 1 saturated heterocycles. The second-order valence-electron chi connectivity index (χ2n) is 7.67. The van der Waals surface area contributed by atoms with Crippen LogP contribution in [-0.2, 0) is 0 Å². The Morgan fingerprint density at radius 3 is 2.47 bits per heavy atom. The van der Waals surface area contributed by atoms with Crippen LogP contribution >= 0.6 is 11.8 Å². The number of piperazine rings is 1. The Bertz CT molecular complexity index is 1070. The summed E-state index contributed by atoms with van der Waals surface area (Å²) >= 11 is 0.399. The third-order valence-corrected chi connectivity index (χ3v) is 5.95. The van der Waals surface area contributed by atoms with E-state index in [2.05, 4.69) is 20.0 Å². The summed E-state index contributed by atoms with van der Waals surface area (Å²) in [4.78, 5) is 25.9. The van der Waals surface area contributed by atoms with Gasteiger partial charge in [-0.25, -0.2) is 4.98 Å². The van der Waals surface area contributed by atoms with Gasteiger partial charge in [-0.05, 0) is 24.3 Å². The molecule has 0 unspecified atom stereocenters. The number of carbonyl (C=O) groups is 1. The average molecular weight is 460 g/mol. The quantitative estimate of drug-likeness (QED) is 0.501. The molecule has 0 saturated carbocycles. The van der Waals surface area contributed by atoms with Crippen LogP contribution in [0, 0.1) is 0 Å². The highest BCUT2D eigenvalue weighted by molar-refractivity contribution is 7.99. The van der Waals surface area contributed by atoms with Gasteiger partial charge < -0.3 is 14.3 Å². The Labute approximate surface area is 188 Å². The van der Waals surface area contributed by atoms with E-state index < -0.39 is 5.76 Å². The zero-order valence-electron chi connectivity index (χ0n) is 17.7. The van der Waals surface area contributed by atoms with Gasteiger partial charge in [0, 0.05) is 48.8 Å². The molecule has 1 amide bonds. The number of rotatable bonds is 6. The molecule has 0 N–H and O–H groups in total. The zero-order chi connectivity index (χ0) is 22.7. The van der Waals surface area contributed by atoms with Crippen molar-refractivity contribution in [2.24, 2.45) is 0 Å². The number of hydrogen-bond donors (Lipinski definition) is 0. The van der Waals surface area contributed by atoms with E-state index in [0.717, 1.165) is 11.4 Å².